The number of aromatic hydroxyl groups is 1. The molecule has 0 unspecified atom stereocenters. The zero-order chi connectivity index (χ0) is 20.0. The van der Waals surface area contributed by atoms with Gasteiger partial charge in [-0.15, -0.1) is 0 Å². The molecule has 1 saturated heterocycles. The van der Waals surface area contributed by atoms with Gasteiger partial charge in [-0.1, -0.05) is 12.1 Å². The molecule has 2 aromatic rings. The quantitative estimate of drug-likeness (QED) is 0.765. The van der Waals surface area contributed by atoms with Crippen molar-refractivity contribution < 1.29 is 35.9 Å². The highest BCUT2D eigenvalue weighted by atomic mass is 32.2. The molecule has 1 aliphatic rings. The summed E-state index contributed by atoms with van der Waals surface area (Å²) in [4.78, 5) is 11.4. The highest BCUT2D eigenvalue weighted by Crippen LogP contribution is 2.38. The molecule has 146 valence electrons. The number of fused-ring (bicyclic) bond motifs is 1. The molecule has 1 heterocycles. The molecular weight excluding hydrogens is 392 g/mol. The summed E-state index contributed by atoms with van der Waals surface area (Å²) in [5.74, 6) is -2.64. The second kappa shape index (κ2) is 6.55. The van der Waals surface area contributed by atoms with E-state index in [9.17, 15) is 35.9 Å². The van der Waals surface area contributed by atoms with Crippen molar-refractivity contribution >= 4 is 32.6 Å². The SMILES string of the molecule is O=C1CN(c2c(O)cc3ccc(CCCC(F)(F)F)cc3c2F)S(=O)(=O)N1. The molecule has 0 aliphatic carbocycles. The maximum Gasteiger partial charge on any atom is 0.389 e. The first-order chi connectivity index (χ1) is 12.5. The topological polar surface area (TPSA) is 86.7 Å². The molecule has 3 rings (SSSR count). The number of aryl methyl sites for hydroxylation is 1. The largest absolute Gasteiger partial charge is 0.506 e. The van der Waals surface area contributed by atoms with Crippen molar-refractivity contribution in [3.8, 4) is 5.75 Å². The van der Waals surface area contributed by atoms with Crippen LogP contribution in [0.5, 0.6) is 5.75 Å². The molecule has 0 radical (unpaired) electrons. The number of phenolic OH excluding ortho intramolecular Hbond substituents is 1. The van der Waals surface area contributed by atoms with Crippen LogP contribution >= 0.6 is 0 Å². The van der Waals surface area contributed by atoms with Crippen molar-refractivity contribution in [2.24, 2.45) is 0 Å². The fourth-order valence-electron chi connectivity index (χ4n) is 2.91. The van der Waals surface area contributed by atoms with Gasteiger partial charge in [-0.05, 0) is 35.9 Å². The third-order valence-electron chi connectivity index (χ3n) is 4.09. The predicted octanol–water partition coefficient (Wildman–Crippen LogP) is 2.75. The van der Waals surface area contributed by atoms with Crippen molar-refractivity contribution in [1.82, 2.24) is 4.72 Å². The maximum atomic E-state index is 15.0. The van der Waals surface area contributed by atoms with Crippen LogP contribution in [-0.4, -0.2) is 32.2 Å². The monoisotopic (exact) mass is 406 g/mol. The van der Waals surface area contributed by atoms with Gasteiger partial charge in [0.05, 0.1) is 0 Å². The summed E-state index contributed by atoms with van der Waals surface area (Å²) in [5, 5.41) is 10.2. The average molecular weight is 406 g/mol. The first-order valence-electron chi connectivity index (χ1n) is 7.82. The first kappa shape index (κ1) is 19.2. The van der Waals surface area contributed by atoms with E-state index in [1.165, 1.54) is 18.2 Å². The van der Waals surface area contributed by atoms with Gasteiger partial charge in [0, 0.05) is 11.8 Å². The molecule has 1 aliphatic heterocycles. The number of nitrogens with zero attached hydrogens (tertiary/aromatic N) is 1. The van der Waals surface area contributed by atoms with E-state index in [0.717, 1.165) is 6.07 Å². The highest BCUT2D eigenvalue weighted by molar-refractivity contribution is 7.92. The van der Waals surface area contributed by atoms with Crippen molar-refractivity contribution in [2.45, 2.75) is 25.4 Å². The van der Waals surface area contributed by atoms with Crippen molar-refractivity contribution in [3.63, 3.8) is 0 Å². The second-order valence-corrected chi connectivity index (χ2v) is 7.71. The van der Waals surface area contributed by atoms with Crippen LogP contribution in [-0.2, 0) is 21.4 Å². The van der Waals surface area contributed by atoms with Gasteiger partial charge in [0.15, 0.2) is 5.82 Å². The van der Waals surface area contributed by atoms with Crippen LogP contribution in [0.2, 0.25) is 0 Å². The third kappa shape index (κ3) is 3.92. The number of nitrogens with one attached hydrogen (secondary N) is 1. The molecule has 0 bridgehead atoms. The number of carbonyl (C=O) groups is 1. The number of benzene rings is 2. The lowest BCUT2D eigenvalue weighted by molar-refractivity contribution is -0.135. The molecule has 1 fully saturated rings. The summed E-state index contributed by atoms with van der Waals surface area (Å²) in [5.41, 5.74) is -0.255. The van der Waals surface area contributed by atoms with Crippen LogP contribution in [0, 0.1) is 5.82 Å². The van der Waals surface area contributed by atoms with E-state index in [1.807, 2.05) is 0 Å². The lowest BCUT2D eigenvalue weighted by Crippen LogP contribution is -2.30. The minimum atomic E-state index is -4.33. The van der Waals surface area contributed by atoms with Crippen LogP contribution in [0.1, 0.15) is 18.4 Å². The van der Waals surface area contributed by atoms with E-state index in [-0.39, 0.29) is 23.6 Å². The van der Waals surface area contributed by atoms with Gasteiger partial charge in [-0.2, -0.15) is 21.6 Å². The van der Waals surface area contributed by atoms with Crippen LogP contribution in [0.3, 0.4) is 0 Å². The number of alkyl halides is 3. The van der Waals surface area contributed by atoms with Crippen LogP contribution in [0.4, 0.5) is 23.2 Å². The number of hydrogen-bond donors (Lipinski definition) is 2. The van der Waals surface area contributed by atoms with Crippen molar-refractivity contribution in [3.05, 3.63) is 35.6 Å². The van der Waals surface area contributed by atoms with Crippen molar-refractivity contribution in [1.29, 1.82) is 0 Å². The zero-order valence-electron chi connectivity index (χ0n) is 13.7. The van der Waals surface area contributed by atoms with E-state index >= 15 is 0 Å². The molecule has 27 heavy (non-hydrogen) atoms. The van der Waals surface area contributed by atoms with Gasteiger partial charge in [0.25, 0.3) is 5.91 Å². The van der Waals surface area contributed by atoms with E-state index in [1.54, 1.807) is 4.72 Å². The second-order valence-electron chi connectivity index (χ2n) is 6.12. The molecule has 2 N–H and O–H groups in total. The molecule has 0 aromatic heterocycles. The summed E-state index contributed by atoms with van der Waals surface area (Å²) in [6.45, 7) is -0.691. The van der Waals surface area contributed by atoms with Crippen molar-refractivity contribution in [2.75, 3.05) is 10.8 Å². The zero-order valence-corrected chi connectivity index (χ0v) is 14.5. The fourth-order valence-corrected chi connectivity index (χ4v) is 4.07. The predicted molar refractivity (Wildman–Crippen MR) is 89.0 cm³/mol. The minimum absolute atomic E-state index is 0.0488. The number of amides is 1. The smallest absolute Gasteiger partial charge is 0.389 e. The normalized spacial score (nSPS) is 16.7. The third-order valence-corrected chi connectivity index (χ3v) is 5.47. The Kier molecular flexibility index (Phi) is 4.66. The van der Waals surface area contributed by atoms with E-state index in [2.05, 4.69) is 0 Å². The molecule has 1 amide bonds. The molecule has 2 aromatic carbocycles. The van der Waals surface area contributed by atoms with Gasteiger partial charge in [-0.25, -0.2) is 13.4 Å². The summed E-state index contributed by atoms with van der Waals surface area (Å²) in [7, 11) is -4.33. The number of anilines is 1. The standard InChI is InChI=1S/C16H14F4N2O4S/c17-14-11-6-9(2-1-5-16(18,19)20)3-4-10(11)7-12(23)15(14)22-8-13(24)21-27(22,25)26/h3-4,6-7,23H,1-2,5,8H2,(H,21,24). The van der Waals surface area contributed by atoms with E-state index < -0.39 is 52.5 Å². The Bertz CT molecular complexity index is 1020. The van der Waals surface area contributed by atoms with E-state index in [0.29, 0.717) is 9.87 Å². The Morgan fingerprint density at radius 3 is 2.52 bits per heavy atom. The summed E-state index contributed by atoms with van der Waals surface area (Å²) >= 11 is 0. The van der Waals surface area contributed by atoms with Gasteiger partial charge >= 0.3 is 16.4 Å². The van der Waals surface area contributed by atoms with Gasteiger partial charge in [0.1, 0.15) is 18.0 Å². The lowest BCUT2D eigenvalue weighted by Gasteiger charge is -2.18. The number of hydrogen-bond acceptors (Lipinski definition) is 4. The number of rotatable bonds is 4. The Morgan fingerprint density at radius 1 is 1.22 bits per heavy atom. The molecule has 11 heteroatoms. The van der Waals surface area contributed by atoms with Crippen LogP contribution in [0.15, 0.2) is 24.3 Å². The van der Waals surface area contributed by atoms with E-state index in [4.69, 9.17) is 0 Å². The Hall–Kier alpha value is -2.56. The fraction of sp³-hybridized carbons (Fsp3) is 0.312. The minimum Gasteiger partial charge on any atom is -0.506 e. The van der Waals surface area contributed by atoms with Crippen LogP contribution < -0.4 is 9.03 Å². The number of phenols is 1. The number of halogens is 4. The Balaban J connectivity index is 2.00. The molecule has 0 atom stereocenters. The van der Waals surface area contributed by atoms with Crippen LogP contribution in [0.25, 0.3) is 10.8 Å². The Labute approximate surface area is 151 Å². The molecule has 6 nitrogen and oxygen atoms in total. The summed E-state index contributed by atoms with van der Waals surface area (Å²) in [6, 6.07) is 5.37. The summed E-state index contributed by atoms with van der Waals surface area (Å²) in [6.07, 6.45) is -5.40. The number of carbonyl (C=O) groups excluding carboxylic acids is 1. The lowest BCUT2D eigenvalue weighted by atomic mass is 10.0. The average Bonchev–Trinajstić information content (AvgIpc) is 2.79. The molecule has 0 saturated carbocycles. The van der Waals surface area contributed by atoms with Gasteiger partial charge in [0.2, 0.25) is 0 Å². The van der Waals surface area contributed by atoms with Gasteiger partial charge in [-0.3, -0.25) is 4.79 Å². The highest BCUT2D eigenvalue weighted by Gasteiger charge is 2.37. The Morgan fingerprint density at radius 2 is 1.93 bits per heavy atom. The van der Waals surface area contributed by atoms with Gasteiger partial charge < -0.3 is 5.11 Å². The first-order valence-corrected chi connectivity index (χ1v) is 9.26. The maximum absolute atomic E-state index is 15.0. The molecule has 0 spiro atoms. The summed E-state index contributed by atoms with van der Waals surface area (Å²) < 4.78 is 77.7. The molecular formula is C16H14F4N2O4S.